The van der Waals surface area contributed by atoms with Crippen LogP contribution >= 0.6 is 15.9 Å². The van der Waals surface area contributed by atoms with E-state index in [1.807, 2.05) is 18.2 Å². The summed E-state index contributed by atoms with van der Waals surface area (Å²) in [5.41, 5.74) is 3.80. The zero-order chi connectivity index (χ0) is 18.4. The fraction of sp³-hybridized carbons (Fsp3) is 0.429. The van der Waals surface area contributed by atoms with Crippen LogP contribution in [-0.4, -0.2) is 18.2 Å². The number of rotatable bonds is 4. The van der Waals surface area contributed by atoms with E-state index < -0.39 is 5.60 Å². The second-order valence-corrected chi connectivity index (χ2v) is 8.58. The Morgan fingerprint density at radius 2 is 1.72 bits per heavy atom. The van der Waals surface area contributed by atoms with Gasteiger partial charge in [-0.1, -0.05) is 13.0 Å². The van der Waals surface area contributed by atoms with Crippen molar-refractivity contribution in [3.05, 3.63) is 51.5 Å². The molecule has 25 heavy (non-hydrogen) atoms. The molecule has 0 amide bonds. The summed E-state index contributed by atoms with van der Waals surface area (Å²) in [6.07, 6.45) is 0. The largest absolute Gasteiger partial charge is 0.456 e. The molecular formula is C21H26BrNO2. The summed E-state index contributed by atoms with van der Waals surface area (Å²) in [7, 11) is 0. The second kappa shape index (κ2) is 6.65. The van der Waals surface area contributed by atoms with Crippen molar-refractivity contribution in [3.63, 3.8) is 0 Å². The van der Waals surface area contributed by atoms with Crippen molar-refractivity contribution in [1.29, 1.82) is 0 Å². The van der Waals surface area contributed by atoms with Crippen molar-refractivity contribution >= 4 is 21.6 Å². The van der Waals surface area contributed by atoms with Crippen LogP contribution < -0.4 is 9.64 Å². The maximum Gasteiger partial charge on any atom is 0.141 e. The van der Waals surface area contributed by atoms with Crippen LogP contribution in [0.3, 0.4) is 0 Å². The number of hydrogen-bond acceptors (Lipinski definition) is 3. The summed E-state index contributed by atoms with van der Waals surface area (Å²) >= 11 is 3.55. The van der Waals surface area contributed by atoms with Crippen LogP contribution in [0, 0.1) is 19.8 Å². The molecule has 2 aromatic rings. The van der Waals surface area contributed by atoms with Crippen molar-refractivity contribution in [2.45, 2.75) is 40.2 Å². The smallest absolute Gasteiger partial charge is 0.141 e. The lowest BCUT2D eigenvalue weighted by molar-refractivity contribution is 0.0785. The van der Waals surface area contributed by atoms with E-state index in [1.54, 1.807) is 13.8 Å². The van der Waals surface area contributed by atoms with Crippen LogP contribution in [0.15, 0.2) is 34.8 Å². The second-order valence-electron chi connectivity index (χ2n) is 7.72. The Morgan fingerprint density at radius 3 is 2.20 bits per heavy atom. The molecule has 0 aromatic heterocycles. The number of anilines is 1. The lowest BCUT2D eigenvalue weighted by Crippen LogP contribution is -2.45. The monoisotopic (exact) mass is 403 g/mol. The third-order valence-electron chi connectivity index (χ3n) is 4.71. The zero-order valence-electron chi connectivity index (χ0n) is 15.6. The number of hydrogen-bond donors (Lipinski definition) is 1. The molecule has 0 unspecified atom stereocenters. The van der Waals surface area contributed by atoms with Crippen LogP contribution in [0.25, 0.3) is 0 Å². The Morgan fingerprint density at radius 1 is 1.12 bits per heavy atom. The van der Waals surface area contributed by atoms with E-state index in [1.165, 1.54) is 16.8 Å². The summed E-state index contributed by atoms with van der Waals surface area (Å²) in [5, 5.41) is 10.1. The van der Waals surface area contributed by atoms with Crippen molar-refractivity contribution in [2.75, 3.05) is 18.0 Å². The Labute approximate surface area is 158 Å². The van der Waals surface area contributed by atoms with Gasteiger partial charge in [0.1, 0.15) is 11.5 Å². The number of aliphatic hydroxyl groups is 1. The van der Waals surface area contributed by atoms with Gasteiger partial charge < -0.3 is 14.7 Å². The number of ether oxygens (including phenoxy) is 1. The molecule has 0 spiro atoms. The average molecular weight is 404 g/mol. The molecule has 1 aliphatic rings. The van der Waals surface area contributed by atoms with E-state index in [-0.39, 0.29) is 0 Å². The van der Waals surface area contributed by atoms with E-state index in [0.717, 1.165) is 40.5 Å². The predicted octanol–water partition coefficient (Wildman–Crippen LogP) is 5.54. The quantitative estimate of drug-likeness (QED) is 0.726. The first kappa shape index (κ1) is 18.3. The Hall–Kier alpha value is -1.52. The maximum absolute atomic E-state index is 10.1. The molecular weight excluding hydrogens is 378 g/mol. The molecule has 2 aromatic carbocycles. The Bertz CT molecular complexity index is 766. The minimum atomic E-state index is -0.871. The minimum absolute atomic E-state index is 0.747. The highest BCUT2D eigenvalue weighted by Crippen LogP contribution is 2.37. The fourth-order valence-electron chi connectivity index (χ4n) is 3.45. The number of nitrogens with zero attached hydrogens (tertiary/aromatic N) is 1. The molecule has 0 aliphatic carbocycles. The summed E-state index contributed by atoms with van der Waals surface area (Å²) in [6.45, 7) is 12.4. The predicted molar refractivity (Wildman–Crippen MR) is 107 cm³/mol. The van der Waals surface area contributed by atoms with Gasteiger partial charge in [-0.3, -0.25) is 0 Å². The summed E-state index contributed by atoms with van der Waals surface area (Å²) < 4.78 is 6.94. The van der Waals surface area contributed by atoms with Gasteiger partial charge in [-0.2, -0.15) is 0 Å². The first-order chi connectivity index (χ1) is 11.6. The molecule has 1 saturated heterocycles. The van der Waals surface area contributed by atoms with Crippen LogP contribution in [-0.2, 0) is 5.60 Å². The van der Waals surface area contributed by atoms with Gasteiger partial charge in [0.2, 0.25) is 0 Å². The van der Waals surface area contributed by atoms with Gasteiger partial charge in [-0.05, 0) is 90.5 Å². The maximum atomic E-state index is 10.1. The number of aryl methyl sites for hydroxylation is 2. The summed E-state index contributed by atoms with van der Waals surface area (Å²) in [4.78, 5) is 2.44. The molecule has 1 fully saturated rings. The van der Waals surface area contributed by atoms with Crippen LogP contribution in [0.1, 0.15) is 37.5 Å². The van der Waals surface area contributed by atoms with Gasteiger partial charge in [0.25, 0.3) is 0 Å². The Kier molecular flexibility index (Phi) is 4.86. The summed E-state index contributed by atoms with van der Waals surface area (Å²) in [5.74, 6) is 2.36. The van der Waals surface area contributed by atoms with Gasteiger partial charge in [-0.15, -0.1) is 0 Å². The third-order valence-corrected chi connectivity index (χ3v) is 5.33. The van der Waals surface area contributed by atoms with Crippen molar-refractivity contribution < 1.29 is 9.84 Å². The molecule has 0 saturated carbocycles. The topological polar surface area (TPSA) is 32.7 Å². The van der Waals surface area contributed by atoms with E-state index in [2.05, 4.69) is 53.7 Å². The minimum Gasteiger partial charge on any atom is -0.456 e. The molecule has 134 valence electrons. The van der Waals surface area contributed by atoms with E-state index >= 15 is 0 Å². The van der Waals surface area contributed by atoms with Crippen LogP contribution in [0.2, 0.25) is 0 Å². The first-order valence-corrected chi connectivity index (χ1v) is 9.51. The van der Waals surface area contributed by atoms with Gasteiger partial charge in [0.15, 0.2) is 0 Å². The molecule has 3 rings (SSSR count). The molecule has 1 N–H and O–H groups in total. The van der Waals surface area contributed by atoms with Crippen molar-refractivity contribution in [2.24, 2.45) is 5.92 Å². The van der Waals surface area contributed by atoms with Crippen molar-refractivity contribution in [1.82, 2.24) is 0 Å². The third kappa shape index (κ3) is 3.85. The van der Waals surface area contributed by atoms with E-state index in [9.17, 15) is 5.11 Å². The van der Waals surface area contributed by atoms with Crippen molar-refractivity contribution in [3.8, 4) is 11.5 Å². The number of halogens is 1. The van der Waals surface area contributed by atoms with E-state index in [0.29, 0.717) is 0 Å². The van der Waals surface area contributed by atoms with Gasteiger partial charge >= 0.3 is 0 Å². The lowest BCUT2D eigenvalue weighted by atomic mass is 9.98. The highest BCUT2D eigenvalue weighted by Gasteiger charge is 2.25. The molecule has 3 nitrogen and oxygen atoms in total. The molecule has 1 heterocycles. The first-order valence-electron chi connectivity index (χ1n) is 8.71. The molecule has 0 atom stereocenters. The average Bonchev–Trinajstić information content (AvgIpc) is 2.45. The SMILES string of the molecule is Cc1cc(Oc2ccc(C(C)(C)O)cc2Br)cc(C)c1N1CC(C)C1. The zero-order valence-corrected chi connectivity index (χ0v) is 17.1. The van der Waals surface area contributed by atoms with Crippen LogP contribution in [0.5, 0.6) is 11.5 Å². The number of benzene rings is 2. The lowest BCUT2D eigenvalue weighted by Gasteiger charge is -2.41. The fourth-order valence-corrected chi connectivity index (χ4v) is 3.91. The molecule has 0 bridgehead atoms. The van der Waals surface area contributed by atoms with Gasteiger partial charge in [-0.25, -0.2) is 0 Å². The molecule has 1 aliphatic heterocycles. The molecule has 0 radical (unpaired) electrons. The standard InChI is InChI=1S/C21H26BrNO2/c1-13-11-23(12-13)20-14(2)8-17(9-15(20)3)25-19-7-6-16(10-18(19)22)21(4,5)24/h6-10,13,24H,11-12H2,1-5H3. The summed E-state index contributed by atoms with van der Waals surface area (Å²) in [6, 6.07) is 9.90. The van der Waals surface area contributed by atoms with Crippen LogP contribution in [0.4, 0.5) is 5.69 Å². The molecule has 4 heteroatoms. The van der Waals surface area contributed by atoms with E-state index in [4.69, 9.17) is 4.74 Å². The Balaban J connectivity index is 1.84. The highest BCUT2D eigenvalue weighted by atomic mass is 79.9. The normalized spacial score (nSPS) is 15.2. The van der Waals surface area contributed by atoms with Gasteiger partial charge in [0, 0.05) is 18.8 Å². The highest BCUT2D eigenvalue weighted by molar-refractivity contribution is 9.10. The van der Waals surface area contributed by atoms with Gasteiger partial charge in [0.05, 0.1) is 10.1 Å².